The van der Waals surface area contributed by atoms with E-state index in [0.29, 0.717) is 16.7 Å². The average molecular weight is 462 g/mol. The van der Waals surface area contributed by atoms with Gasteiger partial charge in [0.1, 0.15) is 5.75 Å². The lowest BCUT2D eigenvalue weighted by Crippen LogP contribution is -2.04. The Morgan fingerprint density at radius 1 is 1.00 bits per heavy atom. The van der Waals surface area contributed by atoms with Gasteiger partial charge in [0, 0.05) is 5.56 Å². The summed E-state index contributed by atoms with van der Waals surface area (Å²) in [5.41, 5.74) is 1.77. The monoisotopic (exact) mass is 462 g/mol. The fraction of sp³-hybridized carbons (Fsp3) is 0.238. The van der Waals surface area contributed by atoms with Crippen molar-refractivity contribution in [1.82, 2.24) is 20.3 Å². The molecule has 166 valence electrons. The molecule has 0 aliphatic rings. The van der Waals surface area contributed by atoms with Crippen LogP contribution in [0.3, 0.4) is 0 Å². The molecule has 7 nitrogen and oxygen atoms in total. The van der Waals surface area contributed by atoms with Gasteiger partial charge in [0.2, 0.25) is 11.7 Å². The van der Waals surface area contributed by atoms with E-state index in [9.17, 15) is 13.2 Å². The molecular weight excluding hydrogens is 445 g/mol. The lowest BCUT2D eigenvalue weighted by molar-refractivity contribution is -0.137. The van der Waals surface area contributed by atoms with E-state index in [1.165, 1.54) is 23.9 Å². The lowest BCUT2D eigenvalue weighted by atomic mass is 10.1. The first-order chi connectivity index (χ1) is 15.3. The van der Waals surface area contributed by atoms with Gasteiger partial charge in [-0.05, 0) is 43.2 Å². The highest BCUT2D eigenvalue weighted by atomic mass is 32.2. The van der Waals surface area contributed by atoms with Crippen LogP contribution in [-0.4, -0.2) is 20.3 Å². The Labute approximate surface area is 185 Å². The third kappa shape index (κ3) is 5.28. The van der Waals surface area contributed by atoms with Crippen molar-refractivity contribution in [2.24, 2.45) is 0 Å². The maximum Gasteiger partial charge on any atom is 0.416 e. The molecule has 0 amide bonds. The van der Waals surface area contributed by atoms with Crippen LogP contribution in [0.5, 0.6) is 5.75 Å². The van der Waals surface area contributed by atoms with E-state index >= 15 is 0 Å². The molecule has 2 aromatic heterocycles. The molecule has 0 fully saturated rings. The summed E-state index contributed by atoms with van der Waals surface area (Å²) in [7, 11) is 0. The van der Waals surface area contributed by atoms with Crippen LogP contribution in [0.4, 0.5) is 13.2 Å². The van der Waals surface area contributed by atoms with Gasteiger partial charge in [-0.25, -0.2) is 0 Å². The van der Waals surface area contributed by atoms with Gasteiger partial charge < -0.3 is 13.7 Å². The fourth-order valence-corrected chi connectivity index (χ4v) is 3.34. The first-order valence-corrected chi connectivity index (χ1v) is 10.4. The first kappa shape index (κ1) is 21.9. The van der Waals surface area contributed by atoms with E-state index in [1.54, 1.807) is 0 Å². The zero-order valence-corrected chi connectivity index (χ0v) is 17.8. The number of aryl methyl sites for hydroxylation is 2. The van der Waals surface area contributed by atoms with Crippen LogP contribution < -0.4 is 4.74 Å². The second kappa shape index (κ2) is 9.03. The van der Waals surface area contributed by atoms with Gasteiger partial charge in [-0.3, -0.25) is 0 Å². The van der Waals surface area contributed by atoms with Gasteiger partial charge in [0.25, 0.3) is 11.1 Å². The summed E-state index contributed by atoms with van der Waals surface area (Å²) in [6, 6.07) is 10.5. The Morgan fingerprint density at radius 3 is 2.53 bits per heavy atom. The summed E-state index contributed by atoms with van der Waals surface area (Å²) in [5.74, 6) is 1.80. The van der Waals surface area contributed by atoms with Crippen LogP contribution in [0.15, 0.2) is 56.6 Å². The number of thioether (sulfide) groups is 1. The summed E-state index contributed by atoms with van der Waals surface area (Å²) in [6.07, 6.45) is -4.40. The number of hydrogen-bond acceptors (Lipinski definition) is 8. The van der Waals surface area contributed by atoms with E-state index in [4.69, 9.17) is 13.7 Å². The molecule has 0 aliphatic carbocycles. The molecule has 4 rings (SSSR count). The number of rotatable bonds is 7. The highest BCUT2D eigenvalue weighted by Crippen LogP contribution is 2.31. The third-order valence-electron chi connectivity index (χ3n) is 4.40. The maximum absolute atomic E-state index is 12.7. The lowest BCUT2D eigenvalue weighted by Gasteiger charge is -2.07. The Balaban J connectivity index is 1.32. The van der Waals surface area contributed by atoms with Crippen molar-refractivity contribution < 1.29 is 26.8 Å². The van der Waals surface area contributed by atoms with E-state index in [2.05, 4.69) is 20.3 Å². The predicted molar refractivity (Wildman–Crippen MR) is 109 cm³/mol. The number of alkyl halides is 3. The summed E-state index contributed by atoms with van der Waals surface area (Å²) in [4.78, 5) is 4.19. The van der Waals surface area contributed by atoms with Gasteiger partial charge >= 0.3 is 6.18 Å². The van der Waals surface area contributed by atoms with E-state index in [1.807, 2.05) is 32.0 Å². The summed E-state index contributed by atoms with van der Waals surface area (Å²) >= 11 is 1.20. The van der Waals surface area contributed by atoms with E-state index in [-0.39, 0.29) is 24.1 Å². The zero-order valence-electron chi connectivity index (χ0n) is 17.0. The zero-order chi connectivity index (χ0) is 22.7. The minimum atomic E-state index is -4.40. The molecule has 0 radical (unpaired) electrons. The minimum Gasteiger partial charge on any atom is -0.484 e. The fourth-order valence-electron chi connectivity index (χ4n) is 2.72. The average Bonchev–Trinajstić information content (AvgIpc) is 3.42. The number of benzene rings is 2. The van der Waals surface area contributed by atoms with Crippen molar-refractivity contribution in [3.05, 3.63) is 70.9 Å². The number of halogens is 3. The van der Waals surface area contributed by atoms with Crippen molar-refractivity contribution in [2.45, 2.75) is 37.6 Å². The van der Waals surface area contributed by atoms with Crippen LogP contribution in [-0.2, 0) is 18.5 Å². The topological polar surface area (TPSA) is 87.1 Å². The van der Waals surface area contributed by atoms with Crippen molar-refractivity contribution in [3.8, 4) is 17.1 Å². The Bertz CT molecular complexity index is 1210. The standard InChI is InChI=1S/C21H17F3N4O3S/c1-12-3-4-13(2)16(9-12)29-10-17-26-27-20(30-17)32-11-18-25-19(28-31-18)14-5-7-15(8-6-14)21(22,23)24/h3-9H,10-11H2,1-2H3. The molecule has 0 bridgehead atoms. The summed E-state index contributed by atoms with van der Waals surface area (Å²) in [6.45, 7) is 4.07. The van der Waals surface area contributed by atoms with Crippen LogP contribution >= 0.6 is 11.8 Å². The second-order valence-corrected chi connectivity index (χ2v) is 7.82. The molecule has 11 heteroatoms. The Hall–Kier alpha value is -3.34. The highest BCUT2D eigenvalue weighted by Gasteiger charge is 2.30. The maximum atomic E-state index is 12.7. The number of ether oxygens (including phenoxy) is 1. The van der Waals surface area contributed by atoms with Crippen molar-refractivity contribution in [3.63, 3.8) is 0 Å². The Morgan fingerprint density at radius 2 is 1.78 bits per heavy atom. The largest absolute Gasteiger partial charge is 0.484 e. The predicted octanol–water partition coefficient (Wildman–Crippen LogP) is 5.63. The van der Waals surface area contributed by atoms with Crippen LogP contribution in [0.1, 0.15) is 28.5 Å². The number of aromatic nitrogens is 4. The van der Waals surface area contributed by atoms with Crippen LogP contribution in [0.2, 0.25) is 0 Å². The van der Waals surface area contributed by atoms with E-state index in [0.717, 1.165) is 29.0 Å². The molecule has 2 aromatic carbocycles. The van der Waals surface area contributed by atoms with Gasteiger partial charge in [-0.15, -0.1) is 10.2 Å². The second-order valence-electron chi connectivity index (χ2n) is 6.89. The number of nitrogens with zero attached hydrogens (tertiary/aromatic N) is 4. The molecule has 0 spiro atoms. The van der Waals surface area contributed by atoms with Gasteiger partial charge in [-0.1, -0.05) is 41.2 Å². The van der Waals surface area contributed by atoms with Crippen molar-refractivity contribution in [2.75, 3.05) is 0 Å². The van der Waals surface area contributed by atoms with Gasteiger partial charge in [-0.2, -0.15) is 18.2 Å². The normalized spacial score (nSPS) is 11.7. The highest BCUT2D eigenvalue weighted by molar-refractivity contribution is 7.98. The molecule has 0 aliphatic heterocycles. The molecule has 0 atom stereocenters. The molecule has 0 N–H and O–H groups in total. The third-order valence-corrected chi connectivity index (χ3v) is 5.20. The molecule has 32 heavy (non-hydrogen) atoms. The quantitative estimate of drug-likeness (QED) is 0.327. The van der Waals surface area contributed by atoms with Crippen molar-refractivity contribution >= 4 is 11.8 Å². The minimum absolute atomic E-state index is 0.135. The molecule has 0 saturated heterocycles. The molecule has 0 saturated carbocycles. The van der Waals surface area contributed by atoms with E-state index < -0.39 is 11.7 Å². The van der Waals surface area contributed by atoms with Gasteiger partial charge in [0.15, 0.2) is 6.61 Å². The molecule has 2 heterocycles. The molecular formula is C21H17F3N4O3S. The SMILES string of the molecule is Cc1ccc(C)c(OCc2nnc(SCc3nc(-c4ccc(C(F)(F)F)cc4)no3)o2)c1. The van der Waals surface area contributed by atoms with Gasteiger partial charge in [0.05, 0.1) is 11.3 Å². The molecule has 0 unspecified atom stereocenters. The van der Waals surface area contributed by atoms with Crippen molar-refractivity contribution in [1.29, 1.82) is 0 Å². The molecule has 4 aromatic rings. The van der Waals surface area contributed by atoms with Crippen LogP contribution in [0, 0.1) is 13.8 Å². The first-order valence-electron chi connectivity index (χ1n) is 9.43. The smallest absolute Gasteiger partial charge is 0.416 e. The van der Waals surface area contributed by atoms with Crippen LogP contribution in [0.25, 0.3) is 11.4 Å². The Kier molecular flexibility index (Phi) is 6.17. The summed E-state index contributed by atoms with van der Waals surface area (Å²) in [5, 5.41) is 12.0. The number of hydrogen-bond donors (Lipinski definition) is 0. The summed E-state index contributed by atoms with van der Waals surface area (Å²) < 4.78 is 54.5.